The van der Waals surface area contributed by atoms with Gasteiger partial charge in [-0.25, -0.2) is 0 Å². The lowest BCUT2D eigenvalue weighted by molar-refractivity contribution is 0.670. The highest BCUT2D eigenvalue weighted by Gasteiger charge is 2.15. The van der Waals surface area contributed by atoms with Crippen LogP contribution < -0.4 is 0 Å². The van der Waals surface area contributed by atoms with E-state index in [0.29, 0.717) is 0 Å². The van der Waals surface area contributed by atoms with Gasteiger partial charge in [0.05, 0.1) is 9.50 Å². The minimum absolute atomic E-state index is 0.727. The molecule has 19 heavy (non-hydrogen) atoms. The van der Waals surface area contributed by atoms with Crippen molar-refractivity contribution >= 4 is 60.2 Å². The van der Waals surface area contributed by atoms with Gasteiger partial charge in [-0.05, 0) is 33.4 Å². The van der Waals surface area contributed by atoms with Crippen LogP contribution in [-0.2, 0) is 0 Å². The minimum Gasteiger partial charge on any atom is -0.454 e. The molecule has 4 aromatic rings. The predicted octanol–water partition coefficient (Wildman–Crippen LogP) is 6.16. The summed E-state index contributed by atoms with van der Waals surface area (Å²) in [7, 11) is 0. The lowest BCUT2D eigenvalue weighted by Gasteiger charge is -2.00. The molecule has 92 valence electrons. The largest absolute Gasteiger partial charge is 0.454 e. The van der Waals surface area contributed by atoms with Gasteiger partial charge in [0.1, 0.15) is 11.2 Å². The summed E-state index contributed by atoms with van der Waals surface area (Å²) in [6, 6.07) is 16.1. The molecule has 0 spiro atoms. The van der Waals surface area contributed by atoms with E-state index in [-0.39, 0.29) is 0 Å². The summed E-state index contributed by atoms with van der Waals surface area (Å²) >= 11 is 9.96. The number of furan rings is 1. The molecule has 0 unspecified atom stereocenters. The van der Waals surface area contributed by atoms with Crippen LogP contribution in [0.25, 0.3) is 32.7 Å². The Balaban J connectivity index is 2.37. The molecule has 0 atom stereocenters. The number of halogens is 2. The van der Waals surface area contributed by atoms with E-state index in [0.717, 1.165) is 42.2 Å². The molecule has 0 N–H and O–H groups in total. The summed E-state index contributed by atoms with van der Waals surface area (Å²) in [5.41, 5.74) is 1.70. The van der Waals surface area contributed by atoms with E-state index in [2.05, 4.69) is 22.0 Å². The molecule has 0 aliphatic rings. The smallest absolute Gasteiger partial charge is 0.149 e. The number of benzene rings is 3. The highest BCUT2D eigenvalue weighted by Crippen LogP contribution is 2.40. The van der Waals surface area contributed by atoms with E-state index in [1.54, 1.807) is 0 Å². The fraction of sp³-hybridized carbons (Fsp3) is 0. The molecule has 3 heteroatoms. The third kappa shape index (κ3) is 1.54. The van der Waals surface area contributed by atoms with Crippen LogP contribution in [0.2, 0.25) is 5.02 Å². The van der Waals surface area contributed by atoms with Gasteiger partial charge in [0, 0.05) is 16.2 Å². The average Bonchev–Trinajstić information content (AvgIpc) is 2.81. The third-order valence-corrected chi connectivity index (χ3v) is 4.32. The van der Waals surface area contributed by atoms with Gasteiger partial charge in [-0.1, -0.05) is 48.0 Å². The molecule has 1 aromatic heterocycles. The van der Waals surface area contributed by atoms with Gasteiger partial charge in [0.2, 0.25) is 0 Å². The van der Waals surface area contributed by atoms with Crippen molar-refractivity contribution in [3.63, 3.8) is 0 Å². The van der Waals surface area contributed by atoms with E-state index in [9.17, 15) is 0 Å². The highest BCUT2D eigenvalue weighted by atomic mass is 79.9. The predicted molar refractivity (Wildman–Crippen MR) is 83.9 cm³/mol. The van der Waals surface area contributed by atoms with E-state index in [1.807, 2.05) is 42.5 Å². The van der Waals surface area contributed by atoms with Crippen molar-refractivity contribution in [2.24, 2.45) is 0 Å². The Bertz CT molecular complexity index is 940. The Morgan fingerprint density at radius 3 is 2.58 bits per heavy atom. The van der Waals surface area contributed by atoms with Crippen molar-refractivity contribution < 1.29 is 4.42 Å². The van der Waals surface area contributed by atoms with E-state index in [1.165, 1.54) is 0 Å². The quantitative estimate of drug-likeness (QED) is 0.376. The molecule has 0 amide bonds. The SMILES string of the molecule is Clc1cc2ccccc2c2oc3c(Br)cccc3c12. The van der Waals surface area contributed by atoms with Gasteiger partial charge in [0.15, 0.2) is 0 Å². The van der Waals surface area contributed by atoms with Crippen LogP contribution in [0.3, 0.4) is 0 Å². The number of para-hydroxylation sites is 1. The lowest BCUT2D eigenvalue weighted by atomic mass is 10.1. The van der Waals surface area contributed by atoms with Gasteiger partial charge < -0.3 is 4.42 Å². The summed E-state index contributed by atoms with van der Waals surface area (Å²) in [5, 5.41) is 4.93. The lowest BCUT2D eigenvalue weighted by Crippen LogP contribution is -1.75. The Morgan fingerprint density at radius 1 is 0.895 bits per heavy atom. The van der Waals surface area contributed by atoms with Crippen LogP contribution >= 0.6 is 27.5 Å². The highest BCUT2D eigenvalue weighted by molar-refractivity contribution is 9.10. The first-order valence-corrected chi connectivity index (χ1v) is 7.11. The number of fused-ring (bicyclic) bond motifs is 5. The fourth-order valence-corrected chi connectivity index (χ4v) is 3.30. The molecule has 0 saturated heterocycles. The van der Waals surface area contributed by atoms with Gasteiger partial charge in [-0.3, -0.25) is 0 Å². The zero-order valence-corrected chi connectivity index (χ0v) is 12.1. The summed E-state index contributed by atoms with van der Waals surface area (Å²) in [4.78, 5) is 0. The summed E-state index contributed by atoms with van der Waals surface area (Å²) in [6.07, 6.45) is 0. The van der Waals surface area contributed by atoms with Crippen LogP contribution in [0.5, 0.6) is 0 Å². The average molecular weight is 332 g/mol. The van der Waals surface area contributed by atoms with Crippen molar-refractivity contribution in [3.05, 3.63) is 58.0 Å². The van der Waals surface area contributed by atoms with Crippen molar-refractivity contribution in [3.8, 4) is 0 Å². The molecule has 3 aromatic carbocycles. The molecular formula is C16H8BrClO. The van der Waals surface area contributed by atoms with Crippen molar-refractivity contribution in [1.82, 2.24) is 0 Å². The maximum absolute atomic E-state index is 6.43. The van der Waals surface area contributed by atoms with E-state index >= 15 is 0 Å². The second-order valence-electron chi connectivity index (χ2n) is 4.50. The maximum atomic E-state index is 6.43. The van der Waals surface area contributed by atoms with Crippen molar-refractivity contribution in [2.75, 3.05) is 0 Å². The van der Waals surface area contributed by atoms with Crippen molar-refractivity contribution in [2.45, 2.75) is 0 Å². The standard InChI is InChI=1S/C16H8BrClO/c17-12-7-3-6-11-14-13(18)8-9-4-1-2-5-10(9)16(14)19-15(11)12/h1-8H. The van der Waals surface area contributed by atoms with Gasteiger partial charge in [0.25, 0.3) is 0 Å². The summed E-state index contributed by atoms with van der Waals surface area (Å²) in [6.45, 7) is 0. The van der Waals surface area contributed by atoms with Crippen molar-refractivity contribution in [1.29, 1.82) is 0 Å². The normalized spacial score (nSPS) is 11.7. The van der Waals surface area contributed by atoms with E-state index in [4.69, 9.17) is 16.0 Å². The third-order valence-electron chi connectivity index (χ3n) is 3.39. The van der Waals surface area contributed by atoms with Gasteiger partial charge in [-0.15, -0.1) is 0 Å². The molecule has 0 fully saturated rings. The molecule has 4 rings (SSSR count). The number of hydrogen-bond acceptors (Lipinski definition) is 1. The van der Waals surface area contributed by atoms with Crippen LogP contribution in [0, 0.1) is 0 Å². The minimum atomic E-state index is 0.727. The zero-order valence-electron chi connectivity index (χ0n) is 9.78. The Labute approximate surface area is 122 Å². The van der Waals surface area contributed by atoms with E-state index < -0.39 is 0 Å². The second-order valence-corrected chi connectivity index (χ2v) is 5.76. The molecule has 1 nitrogen and oxygen atoms in total. The topological polar surface area (TPSA) is 13.1 Å². The fourth-order valence-electron chi connectivity index (χ4n) is 2.55. The van der Waals surface area contributed by atoms with Crippen LogP contribution in [0.4, 0.5) is 0 Å². The second kappa shape index (κ2) is 3.99. The molecule has 0 saturated carbocycles. The summed E-state index contributed by atoms with van der Waals surface area (Å²) < 4.78 is 6.99. The molecule has 1 heterocycles. The number of hydrogen-bond donors (Lipinski definition) is 0. The number of rotatable bonds is 0. The maximum Gasteiger partial charge on any atom is 0.149 e. The Kier molecular flexibility index (Phi) is 2.38. The first kappa shape index (κ1) is 11.3. The van der Waals surface area contributed by atoms with Crippen LogP contribution in [-0.4, -0.2) is 0 Å². The van der Waals surface area contributed by atoms with Crippen LogP contribution in [0.15, 0.2) is 57.4 Å². The van der Waals surface area contributed by atoms with Gasteiger partial charge >= 0.3 is 0 Å². The molecule has 0 radical (unpaired) electrons. The molecule has 0 aliphatic heterocycles. The molecular weight excluding hydrogens is 324 g/mol. The summed E-state index contributed by atoms with van der Waals surface area (Å²) in [5.74, 6) is 0. The first-order chi connectivity index (χ1) is 9.25. The monoisotopic (exact) mass is 330 g/mol. The Hall–Kier alpha value is -1.51. The van der Waals surface area contributed by atoms with Gasteiger partial charge in [-0.2, -0.15) is 0 Å². The first-order valence-electron chi connectivity index (χ1n) is 5.93. The zero-order chi connectivity index (χ0) is 13.0. The van der Waals surface area contributed by atoms with Crippen LogP contribution in [0.1, 0.15) is 0 Å². The molecule has 0 aliphatic carbocycles. The Morgan fingerprint density at radius 2 is 1.68 bits per heavy atom. The molecule has 0 bridgehead atoms.